The summed E-state index contributed by atoms with van der Waals surface area (Å²) < 4.78 is 0. The standard InChI is InChI=1S/C49H37N/c1-49(2)46-32-38-21-10-9-20-37(38)31-45(46)43-29-28-40(33-47(43)49)50(39-23-15-22-36(30-39)34-16-5-3-6-17-34)48-27-14-13-26-44(48)42-25-12-11-24-41(42)35-18-7-4-8-19-35/h3-33H,1-2H3. The van der Waals surface area contributed by atoms with Gasteiger partial charge in [-0.1, -0.05) is 159 Å². The summed E-state index contributed by atoms with van der Waals surface area (Å²) in [6.45, 7) is 4.75. The minimum Gasteiger partial charge on any atom is -0.310 e. The number of nitrogens with zero attached hydrogens (tertiary/aromatic N) is 1. The van der Waals surface area contributed by atoms with Gasteiger partial charge in [0.25, 0.3) is 0 Å². The summed E-state index contributed by atoms with van der Waals surface area (Å²) in [5.74, 6) is 0. The molecule has 0 saturated heterocycles. The molecule has 9 rings (SSSR count). The fourth-order valence-corrected chi connectivity index (χ4v) is 7.91. The number of benzene rings is 8. The molecule has 1 heteroatoms. The fourth-order valence-electron chi connectivity index (χ4n) is 7.91. The normalized spacial score (nSPS) is 12.8. The summed E-state index contributed by atoms with van der Waals surface area (Å²) in [5, 5.41) is 2.57. The maximum Gasteiger partial charge on any atom is 0.0540 e. The molecule has 8 aromatic carbocycles. The number of para-hydroxylation sites is 1. The summed E-state index contributed by atoms with van der Waals surface area (Å²) in [6, 6.07) is 68.6. The average Bonchev–Trinajstić information content (AvgIpc) is 3.39. The highest BCUT2D eigenvalue weighted by molar-refractivity contribution is 5.97. The maximum absolute atomic E-state index is 2.46. The lowest BCUT2D eigenvalue weighted by atomic mass is 9.81. The Kier molecular flexibility index (Phi) is 7.21. The van der Waals surface area contributed by atoms with E-state index < -0.39 is 0 Å². The minimum absolute atomic E-state index is 0.151. The van der Waals surface area contributed by atoms with Gasteiger partial charge in [-0.3, -0.25) is 0 Å². The maximum atomic E-state index is 2.46. The van der Waals surface area contributed by atoms with Crippen LogP contribution in [0, 0.1) is 0 Å². The van der Waals surface area contributed by atoms with Gasteiger partial charge >= 0.3 is 0 Å². The van der Waals surface area contributed by atoms with Crippen molar-refractivity contribution in [2.24, 2.45) is 0 Å². The first-order valence-corrected chi connectivity index (χ1v) is 17.4. The zero-order valence-electron chi connectivity index (χ0n) is 28.3. The zero-order chi connectivity index (χ0) is 33.7. The van der Waals surface area contributed by atoms with E-state index in [0.29, 0.717) is 0 Å². The third kappa shape index (κ3) is 5.02. The molecule has 0 unspecified atom stereocenters. The Morgan fingerprint density at radius 2 is 0.900 bits per heavy atom. The average molecular weight is 640 g/mol. The Morgan fingerprint density at radius 1 is 0.340 bits per heavy atom. The second kappa shape index (κ2) is 12.1. The number of anilines is 3. The largest absolute Gasteiger partial charge is 0.310 e. The lowest BCUT2D eigenvalue weighted by molar-refractivity contribution is 0.661. The van der Waals surface area contributed by atoms with Crippen LogP contribution in [0.25, 0.3) is 55.3 Å². The van der Waals surface area contributed by atoms with Crippen molar-refractivity contribution in [3.63, 3.8) is 0 Å². The Hall–Kier alpha value is -6.18. The van der Waals surface area contributed by atoms with Gasteiger partial charge in [-0.25, -0.2) is 0 Å². The predicted molar refractivity (Wildman–Crippen MR) is 213 cm³/mol. The molecule has 0 atom stereocenters. The second-order valence-corrected chi connectivity index (χ2v) is 13.8. The van der Waals surface area contributed by atoms with E-state index in [1.54, 1.807) is 0 Å². The van der Waals surface area contributed by atoms with Crippen LogP contribution in [-0.2, 0) is 5.41 Å². The van der Waals surface area contributed by atoms with Crippen LogP contribution in [0.5, 0.6) is 0 Å². The molecular weight excluding hydrogens is 603 g/mol. The van der Waals surface area contributed by atoms with Gasteiger partial charge in [0.1, 0.15) is 0 Å². The molecule has 0 aromatic heterocycles. The Labute approximate surface area is 294 Å². The third-order valence-electron chi connectivity index (χ3n) is 10.4. The first-order chi connectivity index (χ1) is 24.6. The monoisotopic (exact) mass is 639 g/mol. The number of hydrogen-bond donors (Lipinski definition) is 0. The van der Waals surface area contributed by atoms with Crippen molar-refractivity contribution in [3.8, 4) is 44.5 Å². The molecule has 0 amide bonds. The van der Waals surface area contributed by atoms with Gasteiger partial charge in [0, 0.05) is 22.4 Å². The molecule has 0 N–H and O–H groups in total. The summed E-state index contributed by atoms with van der Waals surface area (Å²) in [5.41, 5.74) is 15.9. The van der Waals surface area contributed by atoms with Crippen LogP contribution in [0.4, 0.5) is 17.1 Å². The molecule has 8 aromatic rings. The van der Waals surface area contributed by atoms with Crippen LogP contribution in [-0.4, -0.2) is 0 Å². The smallest absolute Gasteiger partial charge is 0.0540 e. The van der Waals surface area contributed by atoms with Crippen LogP contribution in [0.2, 0.25) is 0 Å². The molecule has 1 nitrogen and oxygen atoms in total. The van der Waals surface area contributed by atoms with E-state index in [4.69, 9.17) is 0 Å². The van der Waals surface area contributed by atoms with Gasteiger partial charge < -0.3 is 4.90 Å². The van der Waals surface area contributed by atoms with Crippen LogP contribution in [0.1, 0.15) is 25.0 Å². The molecular formula is C49H37N. The van der Waals surface area contributed by atoms with E-state index in [-0.39, 0.29) is 5.41 Å². The van der Waals surface area contributed by atoms with E-state index in [2.05, 4.69) is 207 Å². The summed E-state index contributed by atoms with van der Waals surface area (Å²) in [7, 11) is 0. The van der Waals surface area contributed by atoms with Crippen molar-refractivity contribution >= 4 is 27.8 Å². The van der Waals surface area contributed by atoms with Crippen LogP contribution < -0.4 is 4.90 Å². The topological polar surface area (TPSA) is 3.24 Å². The highest BCUT2D eigenvalue weighted by Gasteiger charge is 2.36. The summed E-state index contributed by atoms with van der Waals surface area (Å²) in [4.78, 5) is 2.46. The molecule has 1 aliphatic carbocycles. The Bertz CT molecular complexity index is 2510. The summed E-state index contributed by atoms with van der Waals surface area (Å²) in [6.07, 6.45) is 0. The molecule has 0 bridgehead atoms. The SMILES string of the molecule is CC1(C)c2cc(N(c3cccc(-c4ccccc4)c3)c3ccccc3-c3ccccc3-c3ccccc3)ccc2-c2cc3ccccc3cc21. The predicted octanol–water partition coefficient (Wildman–Crippen LogP) is 13.6. The molecule has 1 aliphatic rings. The van der Waals surface area contributed by atoms with Gasteiger partial charge in [-0.05, 0) is 103 Å². The molecule has 50 heavy (non-hydrogen) atoms. The first kappa shape index (κ1) is 29.9. The number of rotatable bonds is 6. The molecule has 238 valence electrons. The highest BCUT2D eigenvalue weighted by atomic mass is 15.1. The van der Waals surface area contributed by atoms with Crippen molar-refractivity contribution in [2.75, 3.05) is 4.90 Å². The quantitative estimate of drug-likeness (QED) is 0.175. The van der Waals surface area contributed by atoms with Crippen molar-refractivity contribution in [1.82, 2.24) is 0 Å². The van der Waals surface area contributed by atoms with Crippen molar-refractivity contribution in [2.45, 2.75) is 19.3 Å². The third-order valence-corrected chi connectivity index (χ3v) is 10.4. The lowest BCUT2D eigenvalue weighted by Gasteiger charge is -2.30. The van der Waals surface area contributed by atoms with Gasteiger partial charge in [-0.2, -0.15) is 0 Å². The zero-order valence-corrected chi connectivity index (χ0v) is 28.3. The van der Waals surface area contributed by atoms with Crippen LogP contribution in [0.15, 0.2) is 188 Å². The molecule has 0 heterocycles. The van der Waals surface area contributed by atoms with E-state index >= 15 is 0 Å². The Balaban J connectivity index is 1.26. The highest BCUT2D eigenvalue weighted by Crippen LogP contribution is 2.52. The van der Waals surface area contributed by atoms with Gasteiger partial charge in [0.2, 0.25) is 0 Å². The number of fused-ring (bicyclic) bond motifs is 4. The lowest BCUT2D eigenvalue weighted by Crippen LogP contribution is -2.17. The molecule has 0 fully saturated rings. The van der Waals surface area contributed by atoms with E-state index in [9.17, 15) is 0 Å². The van der Waals surface area contributed by atoms with E-state index in [0.717, 1.165) is 17.1 Å². The van der Waals surface area contributed by atoms with Crippen molar-refractivity contribution < 1.29 is 0 Å². The van der Waals surface area contributed by atoms with Gasteiger partial charge in [0.15, 0.2) is 0 Å². The van der Waals surface area contributed by atoms with E-state index in [1.165, 1.54) is 66.4 Å². The van der Waals surface area contributed by atoms with Crippen LogP contribution in [0.3, 0.4) is 0 Å². The van der Waals surface area contributed by atoms with Gasteiger partial charge in [0.05, 0.1) is 5.69 Å². The molecule has 0 saturated carbocycles. The molecule has 0 spiro atoms. The minimum atomic E-state index is -0.151. The van der Waals surface area contributed by atoms with Crippen molar-refractivity contribution in [3.05, 3.63) is 199 Å². The van der Waals surface area contributed by atoms with Crippen molar-refractivity contribution in [1.29, 1.82) is 0 Å². The molecule has 0 aliphatic heterocycles. The van der Waals surface area contributed by atoms with E-state index in [1.807, 2.05) is 0 Å². The molecule has 0 radical (unpaired) electrons. The Morgan fingerprint density at radius 3 is 1.66 bits per heavy atom. The summed E-state index contributed by atoms with van der Waals surface area (Å²) >= 11 is 0. The van der Waals surface area contributed by atoms with Crippen LogP contribution >= 0.6 is 0 Å². The number of hydrogen-bond acceptors (Lipinski definition) is 1. The fraction of sp³-hybridized carbons (Fsp3) is 0.0612. The second-order valence-electron chi connectivity index (χ2n) is 13.8. The van der Waals surface area contributed by atoms with Gasteiger partial charge in [-0.15, -0.1) is 0 Å². The first-order valence-electron chi connectivity index (χ1n) is 17.4.